The van der Waals surface area contributed by atoms with Crippen LogP contribution in [0.15, 0.2) is 11.8 Å². The number of nitrogens with one attached hydrogen (secondary N) is 1. The zero-order chi connectivity index (χ0) is 10.6. The van der Waals surface area contributed by atoms with Crippen LogP contribution in [-0.4, -0.2) is 28.1 Å². The molecule has 7 heteroatoms. The minimum Gasteiger partial charge on any atom is -0.515 e. The summed E-state index contributed by atoms with van der Waals surface area (Å²) in [5.41, 5.74) is -2.24. The zero-order valence-electron chi connectivity index (χ0n) is 6.22. The fourth-order valence-corrected chi connectivity index (χ4v) is 0.552. The van der Waals surface area contributed by atoms with Crippen LogP contribution in [0, 0.1) is 5.41 Å². The fraction of sp³-hybridized carbons (Fsp3) is 0.333. The summed E-state index contributed by atoms with van der Waals surface area (Å²) in [6.45, 7) is 0. The number of alkyl halides is 3. The second-order valence-electron chi connectivity index (χ2n) is 2.13. The van der Waals surface area contributed by atoms with Gasteiger partial charge in [0, 0.05) is 5.57 Å². The fourth-order valence-electron chi connectivity index (χ4n) is 0.552. The molecular weight excluding hydrogens is 191 g/mol. The molecule has 0 bridgehead atoms. The Morgan fingerprint density at radius 3 is 2.15 bits per heavy atom. The van der Waals surface area contributed by atoms with Crippen molar-refractivity contribution in [2.75, 3.05) is 0 Å². The number of hydrogen-bond acceptors (Lipinski definition) is 3. The number of carboxylic acids is 1. The summed E-state index contributed by atoms with van der Waals surface area (Å²) in [7, 11) is 0. The van der Waals surface area contributed by atoms with E-state index < -0.39 is 29.9 Å². The summed E-state index contributed by atoms with van der Waals surface area (Å²) in [6, 6.07) is 0. The molecule has 0 aromatic rings. The van der Waals surface area contributed by atoms with Gasteiger partial charge in [0.1, 0.15) is 5.71 Å². The molecule has 0 atom stereocenters. The van der Waals surface area contributed by atoms with Gasteiger partial charge in [-0.3, -0.25) is 5.41 Å². The maximum absolute atomic E-state index is 11.7. The van der Waals surface area contributed by atoms with Crippen molar-refractivity contribution in [3.8, 4) is 0 Å². The molecule has 74 valence electrons. The molecule has 0 aliphatic heterocycles. The van der Waals surface area contributed by atoms with Crippen LogP contribution < -0.4 is 0 Å². The van der Waals surface area contributed by atoms with E-state index in [4.69, 9.17) is 15.6 Å². The Morgan fingerprint density at radius 1 is 1.46 bits per heavy atom. The lowest BCUT2D eigenvalue weighted by molar-refractivity contribution is -0.130. The molecule has 4 nitrogen and oxygen atoms in total. The van der Waals surface area contributed by atoms with E-state index >= 15 is 0 Å². The predicted molar refractivity (Wildman–Crippen MR) is 36.7 cm³/mol. The SMILES string of the molecule is N=C(C(=O)O)/C(=C\O)CC(F)(F)F. The zero-order valence-corrected chi connectivity index (χ0v) is 6.22. The number of aliphatic carboxylic acids is 1. The van der Waals surface area contributed by atoms with Crippen molar-refractivity contribution in [3.05, 3.63) is 11.8 Å². The van der Waals surface area contributed by atoms with Crippen LogP contribution in [0.4, 0.5) is 13.2 Å². The van der Waals surface area contributed by atoms with Crippen molar-refractivity contribution in [1.29, 1.82) is 5.41 Å². The minimum absolute atomic E-state index is 0.0239. The molecule has 0 aliphatic carbocycles. The number of aliphatic hydroxyl groups is 1. The average Bonchev–Trinajstić information content (AvgIpc) is 1.97. The van der Waals surface area contributed by atoms with E-state index in [0.717, 1.165) is 0 Å². The first-order valence-corrected chi connectivity index (χ1v) is 3.00. The first-order valence-electron chi connectivity index (χ1n) is 3.00. The number of carboxylic acid groups (broad SMARTS) is 1. The van der Waals surface area contributed by atoms with Crippen LogP contribution in [0.5, 0.6) is 0 Å². The Bertz CT molecular complexity index is 256. The monoisotopic (exact) mass is 197 g/mol. The van der Waals surface area contributed by atoms with Gasteiger partial charge in [0.15, 0.2) is 0 Å². The molecule has 0 fully saturated rings. The van der Waals surface area contributed by atoms with E-state index in [9.17, 15) is 18.0 Å². The van der Waals surface area contributed by atoms with Crippen molar-refractivity contribution in [1.82, 2.24) is 0 Å². The molecule has 3 N–H and O–H groups in total. The largest absolute Gasteiger partial charge is 0.515 e. The maximum Gasteiger partial charge on any atom is 0.393 e. The summed E-state index contributed by atoms with van der Waals surface area (Å²) in [5.74, 6) is -1.82. The first kappa shape index (κ1) is 11.5. The Balaban J connectivity index is 4.57. The van der Waals surface area contributed by atoms with Gasteiger partial charge in [0.25, 0.3) is 0 Å². The Hall–Kier alpha value is -1.53. The first-order chi connectivity index (χ1) is 5.78. The van der Waals surface area contributed by atoms with Crippen LogP contribution in [0.3, 0.4) is 0 Å². The summed E-state index contributed by atoms with van der Waals surface area (Å²) in [4.78, 5) is 10.0. The van der Waals surface area contributed by atoms with E-state index in [1.165, 1.54) is 0 Å². The lowest BCUT2D eigenvalue weighted by Gasteiger charge is -2.07. The van der Waals surface area contributed by atoms with Gasteiger partial charge in [-0.05, 0) is 0 Å². The van der Waals surface area contributed by atoms with Crippen LogP contribution in [0.1, 0.15) is 6.42 Å². The number of hydrogen-bond donors (Lipinski definition) is 3. The van der Waals surface area contributed by atoms with Crippen molar-refractivity contribution in [3.63, 3.8) is 0 Å². The van der Waals surface area contributed by atoms with Gasteiger partial charge in [-0.25, -0.2) is 4.79 Å². The Kier molecular flexibility index (Phi) is 3.46. The second-order valence-corrected chi connectivity index (χ2v) is 2.13. The molecule has 0 aromatic carbocycles. The second kappa shape index (κ2) is 3.92. The molecule has 0 aliphatic rings. The van der Waals surface area contributed by atoms with E-state index in [-0.39, 0.29) is 6.26 Å². The highest BCUT2D eigenvalue weighted by Gasteiger charge is 2.31. The number of carbonyl (C=O) groups is 1. The molecule has 0 unspecified atom stereocenters. The molecule has 0 saturated carbocycles. The van der Waals surface area contributed by atoms with Gasteiger partial charge in [-0.1, -0.05) is 0 Å². The van der Waals surface area contributed by atoms with Gasteiger partial charge >= 0.3 is 12.1 Å². The lowest BCUT2D eigenvalue weighted by atomic mass is 10.1. The standard InChI is InChI=1S/C6H6F3NO3/c7-6(8,9)1-3(2-11)4(10)5(12)13/h2,10-11H,1H2,(H,12,13)/b3-2-,10-4?. The Labute approximate surface area is 70.8 Å². The highest BCUT2D eigenvalue weighted by Crippen LogP contribution is 2.24. The van der Waals surface area contributed by atoms with E-state index in [1.807, 2.05) is 0 Å². The van der Waals surface area contributed by atoms with Gasteiger partial charge in [0.2, 0.25) is 0 Å². The van der Waals surface area contributed by atoms with E-state index in [0.29, 0.717) is 0 Å². The van der Waals surface area contributed by atoms with Crippen molar-refractivity contribution >= 4 is 11.7 Å². The minimum atomic E-state index is -4.64. The summed E-state index contributed by atoms with van der Waals surface area (Å²) in [5, 5.41) is 23.0. The summed E-state index contributed by atoms with van der Waals surface area (Å²) in [6.07, 6.45) is -6.30. The molecule has 0 saturated heterocycles. The third-order valence-electron chi connectivity index (χ3n) is 1.08. The van der Waals surface area contributed by atoms with Crippen molar-refractivity contribution in [2.45, 2.75) is 12.6 Å². The Morgan fingerprint density at radius 2 is 1.92 bits per heavy atom. The molecule has 0 heterocycles. The molecule has 0 aromatic heterocycles. The molecule has 0 rings (SSSR count). The highest BCUT2D eigenvalue weighted by molar-refractivity contribution is 6.41. The van der Waals surface area contributed by atoms with Crippen LogP contribution in [0.25, 0.3) is 0 Å². The molecule has 0 amide bonds. The third-order valence-corrected chi connectivity index (χ3v) is 1.08. The van der Waals surface area contributed by atoms with Gasteiger partial charge < -0.3 is 10.2 Å². The molecule has 0 radical (unpaired) electrons. The molecular formula is C6H6F3NO3. The number of halogens is 3. The number of rotatable bonds is 3. The smallest absolute Gasteiger partial charge is 0.393 e. The topological polar surface area (TPSA) is 81.4 Å². The van der Waals surface area contributed by atoms with E-state index in [2.05, 4.69) is 0 Å². The summed E-state index contributed by atoms with van der Waals surface area (Å²) >= 11 is 0. The number of aliphatic hydroxyl groups excluding tert-OH is 1. The maximum atomic E-state index is 11.7. The molecule has 0 spiro atoms. The van der Waals surface area contributed by atoms with Crippen LogP contribution >= 0.6 is 0 Å². The van der Waals surface area contributed by atoms with Crippen LogP contribution in [-0.2, 0) is 4.79 Å². The predicted octanol–water partition coefficient (Wildman–Crippen LogP) is 1.49. The normalized spacial score (nSPS) is 12.7. The van der Waals surface area contributed by atoms with Crippen LogP contribution in [0.2, 0.25) is 0 Å². The van der Waals surface area contributed by atoms with Gasteiger partial charge in [-0.2, -0.15) is 13.2 Å². The van der Waals surface area contributed by atoms with Crippen molar-refractivity contribution in [2.24, 2.45) is 0 Å². The quantitative estimate of drug-likeness (QED) is 0.473. The van der Waals surface area contributed by atoms with Gasteiger partial charge in [0.05, 0.1) is 12.7 Å². The molecule has 13 heavy (non-hydrogen) atoms. The highest BCUT2D eigenvalue weighted by atomic mass is 19.4. The third kappa shape index (κ3) is 4.14. The van der Waals surface area contributed by atoms with E-state index in [1.54, 1.807) is 0 Å². The average molecular weight is 197 g/mol. The summed E-state index contributed by atoms with van der Waals surface area (Å²) < 4.78 is 35.0. The van der Waals surface area contributed by atoms with Gasteiger partial charge in [-0.15, -0.1) is 0 Å². The lowest BCUT2D eigenvalue weighted by Crippen LogP contribution is -2.19. The van der Waals surface area contributed by atoms with Crippen molar-refractivity contribution < 1.29 is 28.2 Å².